The van der Waals surface area contributed by atoms with Gasteiger partial charge < -0.3 is 15.5 Å². The fourth-order valence-electron chi connectivity index (χ4n) is 5.58. The average molecular weight is 595 g/mol. The van der Waals surface area contributed by atoms with Gasteiger partial charge in [0, 0.05) is 55.0 Å². The van der Waals surface area contributed by atoms with E-state index in [9.17, 15) is 14.4 Å². The molecule has 2 heterocycles. The van der Waals surface area contributed by atoms with Crippen molar-refractivity contribution in [2.75, 3.05) is 51.1 Å². The van der Waals surface area contributed by atoms with Gasteiger partial charge in [0.25, 0.3) is 0 Å². The second kappa shape index (κ2) is 13.5. The molecule has 3 aromatic carbocycles. The van der Waals surface area contributed by atoms with Gasteiger partial charge in [-0.25, -0.2) is 0 Å². The fourth-order valence-corrected chi connectivity index (χ4v) is 6.10. The van der Waals surface area contributed by atoms with E-state index in [-0.39, 0.29) is 30.8 Å². The van der Waals surface area contributed by atoms with Crippen LogP contribution in [0.1, 0.15) is 23.6 Å². The molecule has 10 heteroatoms. The van der Waals surface area contributed by atoms with Crippen molar-refractivity contribution in [3.05, 3.63) is 100 Å². The second-order valence-electron chi connectivity index (χ2n) is 10.3. The maximum Gasteiger partial charge on any atom is 0.243 e. The van der Waals surface area contributed by atoms with Crippen molar-refractivity contribution in [1.29, 1.82) is 0 Å². The van der Waals surface area contributed by atoms with E-state index in [0.717, 1.165) is 26.2 Å². The predicted octanol–water partition coefficient (Wildman–Crippen LogP) is 4.06. The Bertz CT molecular complexity index is 1310. The first-order valence-corrected chi connectivity index (χ1v) is 14.5. The SMILES string of the molecule is O=C(C[C@H]1C(=O)NCCN1C(=O)CN1CCN(C(c2ccccc2)c2ccccc2)CC1)Nc1cc(Cl)cc(Cl)c1. The van der Waals surface area contributed by atoms with E-state index in [2.05, 4.69) is 69.0 Å². The Hall–Kier alpha value is -3.43. The molecule has 41 heavy (non-hydrogen) atoms. The van der Waals surface area contributed by atoms with Crippen molar-refractivity contribution in [2.45, 2.75) is 18.5 Å². The van der Waals surface area contributed by atoms with Crippen LogP contribution in [0.4, 0.5) is 5.69 Å². The smallest absolute Gasteiger partial charge is 0.243 e. The number of amides is 3. The summed E-state index contributed by atoms with van der Waals surface area (Å²) in [5, 5.41) is 6.29. The Morgan fingerprint density at radius 1 is 0.854 bits per heavy atom. The topological polar surface area (TPSA) is 85.0 Å². The van der Waals surface area contributed by atoms with Crippen LogP contribution in [0.5, 0.6) is 0 Å². The first-order chi connectivity index (χ1) is 19.9. The zero-order valence-corrected chi connectivity index (χ0v) is 24.2. The molecule has 0 spiro atoms. The standard InChI is InChI=1S/C31H33Cl2N5O3/c32-24-17-25(33)19-26(18-24)35-28(39)20-27-31(41)34-11-12-38(27)29(40)21-36-13-15-37(16-14-36)30(22-7-3-1-4-8-22)23-9-5-2-6-10-23/h1-10,17-19,27,30H,11-16,20-21H2,(H,34,41)(H,35,39)/t27-/m0/s1. The molecule has 0 aromatic heterocycles. The third kappa shape index (κ3) is 7.45. The minimum Gasteiger partial charge on any atom is -0.353 e. The van der Waals surface area contributed by atoms with E-state index >= 15 is 0 Å². The van der Waals surface area contributed by atoms with Gasteiger partial charge in [0.05, 0.1) is 19.0 Å². The number of nitrogens with zero attached hydrogens (tertiary/aromatic N) is 3. The number of rotatable bonds is 8. The number of nitrogens with one attached hydrogen (secondary N) is 2. The quantitative estimate of drug-likeness (QED) is 0.411. The maximum absolute atomic E-state index is 13.4. The van der Waals surface area contributed by atoms with Gasteiger partial charge >= 0.3 is 0 Å². The molecule has 3 amide bonds. The van der Waals surface area contributed by atoms with Crippen molar-refractivity contribution in [3.8, 4) is 0 Å². The van der Waals surface area contributed by atoms with Gasteiger partial charge in [0.2, 0.25) is 17.7 Å². The Balaban J connectivity index is 1.20. The number of hydrogen-bond donors (Lipinski definition) is 2. The number of carbonyl (C=O) groups excluding carboxylic acids is 3. The van der Waals surface area contributed by atoms with Crippen LogP contribution in [0.25, 0.3) is 0 Å². The molecule has 8 nitrogen and oxygen atoms in total. The molecule has 2 aliphatic rings. The van der Waals surface area contributed by atoms with E-state index in [1.165, 1.54) is 16.0 Å². The molecule has 0 aliphatic carbocycles. The lowest BCUT2D eigenvalue weighted by atomic mass is 9.96. The van der Waals surface area contributed by atoms with E-state index in [0.29, 0.717) is 28.8 Å². The molecule has 1 atom stereocenters. The number of hydrogen-bond acceptors (Lipinski definition) is 5. The second-order valence-corrected chi connectivity index (χ2v) is 11.2. The molecule has 3 aromatic rings. The molecule has 2 saturated heterocycles. The van der Waals surface area contributed by atoms with Gasteiger partial charge in [0.1, 0.15) is 6.04 Å². The third-order valence-electron chi connectivity index (χ3n) is 7.54. The molecule has 2 N–H and O–H groups in total. The summed E-state index contributed by atoms with van der Waals surface area (Å²) >= 11 is 12.1. The van der Waals surface area contributed by atoms with Crippen molar-refractivity contribution in [2.24, 2.45) is 0 Å². The van der Waals surface area contributed by atoms with Crippen LogP contribution in [0.3, 0.4) is 0 Å². The first kappa shape index (κ1) is 29.1. The highest BCUT2D eigenvalue weighted by molar-refractivity contribution is 6.35. The van der Waals surface area contributed by atoms with Crippen LogP contribution < -0.4 is 10.6 Å². The van der Waals surface area contributed by atoms with E-state index in [1.807, 2.05) is 12.1 Å². The van der Waals surface area contributed by atoms with Crippen molar-refractivity contribution < 1.29 is 14.4 Å². The van der Waals surface area contributed by atoms with E-state index in [1.54, 1.807) is 18.2 Å². The minimum absolute atomic E-state index is 0.137. The van der Waals surface area contributed by atoms with Crippen LogP contribution >= 0.6 is 23.2 Å². The number of benzene rings is 3. The first-order valence-electron chi connectivity index (χ1n) is 13.8. The van der Waals surface area contributed by atoms with E-state index in [4.69, 9.17) is 23.2 Å². The number of anilines is 1. The summed E-state index contributed by atoms with van der Waals surface area (Å²) < 4.78 is 0. The van der Waals surface area contributed by atoms with Crippen LogP contribution in [0, 0.1) is 0 Å². The zero-order valence-electron chi connectivity index (χ0n) is 22.6. The molecule has 214 valence electrons. The normalized spacial score (nSPS) is 18.3. The Kier molecular flexibility index (Phi) is 9.57. The molecule has 5 rings (SSSR count). The van der Waals surface area contributed by atoms with Gasteiger partial charge in [-0.2, -0.15) is 0 Å². The van der Waals surface area contributed by atoms with Crippen molar-refractivity contribution >= 4 is 46.6 Å². The summed E-state index contributed by atoms with van der Waals surface area (Å²) in [5.41, 5.74) is 2.91. The van der Waals surface area contributed by atoms with Gasteiger partial charge in [-0.15, -0.1) is 0 Å². The minimum atomic E-state index is -0.882. The van der Waals surface area contributed by atoms with Crippen molar-refractivity contribution in [1.82, 2.24) is 20.0 Å². The average Bonchev–Trinajstić information content (AvgIpc) is 2.96. The lowest BCUT2D eigenvalue weighted by Crippen LogP contribution is -2.60. The molecular weight excluding hydrogens is 561 g/mol. The summed E-state index contributed by atoms with van der Waals surface area (Å²) in [5.74, 6) is -0.883. The lowest BCUT2D eigenvalue weighted by molar-refractivity contribution is -0.145. The molecule has 0 bridgehead atoms. The maximum atomic E-state index is 13.4. The summed E-state index contributed by atoms with van der Waals surface area (Å²) in [6, 6.07) is 24.9. The van der Waals surface area contributed by atoms with Gasteiger partial charge in [0.15, 0.2) is 0 Å². The zero-order chi connectivity index (χ0) is 28.8. The van der Waals surface area contributed by atoms with E-state index < -0.39 is 11.9 Å². The summed E-state index contributed by atoms with van der Waals surface area (Å²) in [6.45, 7) is 3.97. The largest absolute Gasteiger partial charge is 0.353 e. The number of piperazine rings is 2. The van der Waals surface area contributed by atoms with Crippen LogP contribution in [0.15, 0.2) is 78.9 Å². The lowest BCUT2D eigenvalue weighted by Gasteiger charge is -2.41. The fraction of sp³-hybridized carbons (Fsp3) is 0.323. The van der Waals surface area contributed by atoms with Gasteiger partial charge in [-0.3, -0.25) is 24.2 Å². The predicted molar refractivity (Wildman–Crippen MR) is 161 cm³/mol. The molecule has 0 unspecified atom stereocenters. The highest BCUT2D eigenvalue weighted by atomic mass is 35.5. The van der Waals surface area contributed by atoms with Crippen LogP contribution in [-0.4, -0.2) is 84.3 Å². The van der Waals surface area contributed by atoms with Crippen LogP contribution in [0.2, 0.25) is 10.0 Å². The van der Waals surface area contributed by atoms with Crippen molar-refractivity contribution in [3.63, 3.8) is 0 Å². The number of halogens is 2. The van der Waals surface area contributed by atoms with Crippen LogP contribution in [-0.2, 0) is 14.4 Å². The van der Waals surface area contributed by atoms with Gasteiger partial charge in [-0.1, -0.05) is 83.9 Å². The molecular formula is C31H33Cl2N5O3. The highest BCUT2D eigenvalue weighted by Crippen LogP contribution is 2.29. The summed E-state index contributed by atoms with van der Waals surface area (Å²) in [4.78, 5) is 45.1. The monoisotopic (exact) mass is 593 g/mol. The third-order valence-corrected chi connectivity index (χ3v) is 7.97. The molecule has 0 saturated carbocycles. The van der Waals surface area contributed by atoms with Gasteiger partial charge in [-0.05, 0) is 29.3 Å². The number of carbonyl (C=O) groups is 3. The molecule has 0 radical (unpaired) electrons. The Morgan fingerprint density at radius 2 is 1.44 bits per heavy atom. The summed E-state index contributed by atoms with van der Waals surface area (Å²) in [6.07, 6.45) is -0.161. The summed E-state index contributed by atoms with van der Waals surface area (Å²) in [7, 11) is 0. The Labute approximate surface area is 250 Å². The molecule has 2 fully saturated rings. The highest BCUT2D eigenvalue weighted by Gasteiger charge is 2.36. The molecule has 2 aliphatic heterocycles. The Morgan fingerprint density at radius 3 is 2.02 bits per heavy atom.